The summed E-state index contributed by atoms with van der Waals surface area (Å²) < 4.78 is 10.5. The molecule has 1 heterocycles. The minimum absolute atomic E-state index is 0.0842. The molecular formula is C21H31NO4. The van der Waals surface area contributed by atoms with Crippen molar-refractivity contribution in [2.75, 3.05) is 26.8 Å². The van der Waals surface area contributed by atoms with Crippen LogP contribution in [0, 0.1) is 12.8 Å². The summed E-state index contributed by atoms with van der Waals surface area (Å²) in [5.74, 6) is -0.527. The zero-order valence-electron chi connectivity index (χ0n) is 16.2. The van der Waals surface area contributed by atoms with Gasteiger partial charge in [0, 0.05) is 26.1 Å². The van der Waals surface area contributed by atoms with Gasteiger partial charge in [-0.3, -0.25) is 9.59 Å². The lowest BCUT2D eigenvalue weighted by molar-refractivity contribution is -0.146. The van der Waals surface area contributed by atoms with Crippen molar-refractivity contribution in [3.8, 4) is 0 Å². The first-order chi connectivity index (χ1) is 12.5. The van der Waals surface area contributed by atoms with Gasteiger partial charge in [-0.25, -0.2) is 0 Å². The lowest BCUT2D eigenvalue weighted by Crippen LogP contribution is -2.41. The van der Waals surface area contributed by atoms with Gasteiger partial charge in [0.05, 0.1) is 19.1 Å². The monoisotopic (exact) mass is 361 g/mol. The maximum atomic E-state index is 12.7. The molecule has 1 aromatic rings. The van der Waals surface area contributed by atoms with E-state index in [-0.39, 0.29) is 23.9 Å². The summed E-state index contributed by atoms with van der Waals surface area (Å²) in [4.78, 5) is 26.3. The molecule has 1 aromatic carbocycles. The molecule has 0 aliphatic carbocycles. The minimum atomic E-state index is -0.331. The molecule has 0 N–H and O–H groups in total. The Kier molecular flexibility index (Phi) is 8.10. The van der Waals surface area contributed by atoms with Gasteiger partial charge in [0.2, 0.25) is 5.91 Å². The highest BCUT2D eigenvalue weighted by atomic mass is 16.5. The Bertz CT molecular complexity index is 578. The van der Waals surface area contributed by atoms with Gasteiger partial charge in [0.15, 0.2) is 0 Å². The lowest BCUT2D eigenvalue weighted by atomic mass is 10.1. The molecule has 2 atom stereocenters. The van der Waals surface area contributed by atoms with E-state index in [9.17, 15) is 9.59 Å². The van der Waals surface area contributed by atoms with Crippen molar-refractivity contribution in [2.45, 2.75) is 52.1 Å². The number of hydrogen-bond donors (Lipinski definition) is 0. The second-order valence-corrected chi connectivity index (χ2v) is 7.20. The number of benzene rings is 1. The van der Waals surface area contributed by atoms with Crippen molar-refractivity contribution in [1.82, 2.24) is 4.90 Å². The Labute approximate surface area is 156 Å². The number of rotatable bonds is 9. The third kappa shape index (κ3) is 6.45. The molecule has 1 aliphatic heterocycles. The average molecular weight is 361 g/mol. The summed E-state index contributed by atoms with van der Waals surface area (Å²) in [6.45, 7) is 5.57. The van der Waals surface area contributed by atoms with Gasteiger partial charge in [0.1, 0.15) is 0 Å². The zero-order valence-corrected chi connectivity index (χ0v) is 16.2. The Morgan fingerprint density at radius 2 is 2.04 bits per heavy atom. The van der Waals surface area contributed by atoms with E-state index in [0.717, 1.165) is 32.3 Å². The van der Waals surface area contributed by atoms with E-state index in [2.05, 4.69) is 31.2 Å². The molecule has 1 amide bonds. The van der Waals surface area contributed by atoms with E-state index in [0.29, 0.717) is 19.5 Å². The molecule has 0 bridgehead atoms. The second-order valence-electron chi connectivity index (χ2n) is 7.20. The number of nitrogens with zero attached hydrogens (tertiary/aromatic N) is 1. The van der Waals surface area contributed by atoms with Gasteiger partial charge in [-0.2, -0.15) is 0 Å². The summed E-state index contributed by atoms with van der Waals surface area (Å²) in [6.07, 6.45) is 4.25. The number of esters is 1. The number of carbonyl (C=O) groups excluding carboxylic acids is 2. The van der Waals surface area contributed by atoms with Crippen molar-refractivity contribution in [3.63, 3.8) is 0 Å². The van der Waals surface area contributed by atoms with E-state index >= 15 is 0 Å². The predicted octanol–water partition coefficient (Wildman–Crippen LogP) is 3.13. The van der Waals surface area contributed by atoms with Crippen LogP contribution in [0.15, 0.2) is 24.3 Å². The number of ether oxygens (including phenoxy) is 2. The molecule has 1 saturated heterocycles. The summed E-state index contributed by atoms with van der Waals surface area (Å²) in [7, 11) is 1.38. The van der Waals surface area contributed by atoms with Gasteiger partial charge >= 0.3 is 5.97 Å². The molecule has 1 fully saturated rings. The van der Waals surface area contributed by atoms with Crippen LogP contribution in [0.5, 0.6) is 0 Å². The van der Waals surface area contributed by atoms with E-state index in [4.69, 9.17) is 9.47 Å². The number of hydrogen-bond acceptors (Lipinski definition) is 4. The smallest absolute Gasteiger partial charge is 0.310 e. The summed E-state index contributed by atoms with van der Waals surface area (Å²) in [6, 6.07) is 8.42. The highest BCUT2D eigenvalue weighted by Crippen LogP contribution is 2.16. The standard InChI is InChI=1S/C21H31NO4/c1-16-9-11-18(12-10-16)6-4-8-20(23)22(14-17(2)21(24)25-3)15-19-7-5-13-26-19/h9-12,17,19H,4-8,13-15H2,1-3H3. The average Bonchev–Trinajstić information content (AvgIpc) is 3.15. The van der Waals surface area contributed by atoms with Crippen molar-refractivity contribution in [3.05, 3.63) is 35.4 Å². The van der Waals surface area contributed by atoms with E-state index in [1.807, 2.05) is 0 Å². The van der Waals surface area contributed by atoms with Crippen molar-refractivity contribution in [1.29, 1.82) is 0 Å². The first-order valence-corrected chi connectivity index (χ1v) is 9.52. The van der Waals surface area contributed by atoms with Crippen LogP contribution in [-0.4, -0.2) is 49.7 Å². The lowest BCUT2D eigenvalue weighted by Gasteiger charge is -2.27. The number of carbonyl (C=O) groups is 2. The first-order valence-electron chi connectivity index (χ1n) is 9.52. The van der Waals surface area contributed by atoms with Gasteiger partial charge in [-0.05, 0) is 38.2 Å². The Morgan fingerprint density at radius 1 is 1.31 bits per heavy atom. The van der Waals surface area contributed by atoms with Crippen LogP contribution in [0.25, 0.3) is 0 Å². The summed E-state index contributed by atoms with van der Waals surface area (Å²) in [5, 5.41) is 0. The van der Waals surface area contributed by atoms with Crippen molar-refractivity contribution >= 4 is 11.9 Å². The third-order valence-electron chi connectivity index (χ3n) is 4.88. The fraction of sp³-hybridized carbons (Fsp3) is 0.619. The fourth-order valence-electron chi connectivity index (χ4n) is 3.28. The van der Waals surface area contributed by atoms with Crippen molar-refractivity contribution in [2.24, 2.45) is 5.92 Å². The molecular weight excluding hydrogens is 330 g/mol. The first kappa shape index (κ1) is 20.4. The highest BCUT2D eigenvalue weighted by Gasteiger charge is 2.26. The van der Waals surface area contributed by atoms with Crippen molar-refractivity contribution < 1.29 is 19.1 Å². The second kappa shape index (κ2) is 10.3. The molecule has 5 nitrogen and oxygen atoms in total. The minimum Gasteiger partial charge on any atom is -0.469 e. The van der Waals surface area contributed by atoms with E-state index < -0.39 is 0 Å². The van der Waals surface area contributed by atoms with E-state index in [1.54, 1.807) is 11.8 Å². The SMILES string of the molecule is COC(=O)C(C)CN(CC1CCCO1)C(=O)CCCc1ccc(C)cc1. The topological polar surface area (TPSA) is 55.8 Å². The maximum Gasteiger partial charge on any atom is 0.310 e. The van der Waals surface area contributed by atoms with Gasteiger partial charge in [0.25, 0.3) is 0 Å². The fourth-order valence-corrected chi connectivity index (χ4v) is 3.28. The number of aryl methyl sites for hydroxylation is 2. The molecule has 2 rings (SSSR count). The zero-order chi connectivity index (χ0) is 18.9. The maximum absolute atomic E-state index is 12.7. The van der Waals surface area contributed by atoms with Crippen LogP contribution < -0.4 is 0 Å². The molecule has 1 aliphatic rings. The number of amides is 1. The molecule has 5 heteroatoms. The van der Waals surface area contributed by atoms with Crippen LogP contribution in [0.4, 0.5) is 0 Å². The largest absolute Gasteiger partial charge is 0.469 e. The van der Waals surface area contributed by atoms with Crippen LogP contribution in [-0.2, 0) is 25.5 Å². The molecule has 2 unspecified atom stereocenters. The third-order valence-corrected chi connectivity index (χ3v) is 4.88. The molecule has 0 aromatic heterocycles. The quantitative estimate of drug-likeness (QED) is 0.634. The molecule has 144 valence electrons. The Morgan fingerprint density at radius 3 is 2.65 bits per heavy atom. The van der Waals surface area contributed by atoms with Crippen LogP contribution in [0.1, 0.15) is 43.7 Å². The molecule has 0 radical (unpaired) electrons. The van der Waals surface area contributed by atoms with Gasteiger partial charge < -0.3 is 14.4 Å². The van der Waals surface area contributed by atoms with Crippen LogP contribution in [0.2, 0.25) is 0 Å². The van der Waals surface area contributed by atoms with E-state index in [1.165, 1.54) is 18.2 Å². The van der Waals surface area contributed by atoms with Crippen LogP contribution in [0.3, 0.4) is 0 Å². The molecule has 0 spiro atoms. The summed E-state index contributed by atoms with van der Waals surface area (Å²) in [5.41, 5.74) is 2.49. The number of methoxy groups -OCH3 is 1. The predicted molar refractivity (Wildman–Crippen MR) is 101 cm³/mol. The summed E-state index contributed by atoms with van der Waals surface area (Å²) >= 11 is 0. The molecule has 26 heavy (non-hydrogen) atoms. The van der Waals surface area contributed by atoms with Gasteiger partial charge in [-0.15, -0.1) is 0 Å². The normalized spacial score (nSPS) is 17.7. The molecule has 0 saturated carbocycles. The highest BCUT2D eigenvalue weighted by molar-refractivity contribution is 5.78. The Hall–Kier alpha value is -1.88. The Balaban J connectivity index is 1.88. The van der Waals surface area contributed by atoms with Crippen LogP contribution >= 0.6 is 0 Å². The van der Waals surface area contributed by atoms with Gasteiger partial charge in [-0.1, -0.05) is 36.8 Å².